The van der Waals surface area contributed by atoms with Gasteiger partial charge < -0.3 is 29.3 Å². The number of aliphatic hydroxyl groups is 2. The zero-order valence-corrected chi connectivity index (χ0v) is 19.4. The van der Waals surface area contributed by atoms with Gasteiger partial charge in [-0.2, -0.15) is 0 Å². The number of thioether (sulfide) groups is 1. The summed E-state index contributed by atoms with van der Waals surface area (Å²) in [6.07, 6.45) is -4.21. The molecule has 4 rings (SSSR count). The van der Waals surface area contributed by atoms with Gasteiger partial charge in [0.15, 0.2) is 24.1 Å². The van der Waals surface area contributed by atoms with Gasteiger partial charge in [-0.25, -0.2) is 13.6 Å². The van der Waals surface area contributed by atoms with Crippen LogP contribution in [-0.4, -0.2) is 51.1 Å². The fourth-order valence-electron chi connectivity index (χ4n) is 3.28. The summed E-state index contributed by atoms with van der Waals surface area (Å²) in [4.78, 5) is 12.8. The van der Waals surface area contributed by atoms with E-state index in [1.54, 1.807) is 18.2 Å². The third kappa shape index (κ3) is 5.08. The number of rotatable bonds is 6. The minimum absolute atomic E-state index is 0.152. The van der Waals surface area contributed by atoms with E-state index in [1.807, 2.05) is 0 Å². The second kappa shape index (κ2) is 10.4. The molecule has 2 aromatic carbocycles. The van der Waals surface area contributed by atoms with Crippen molar-refractivity contribution in [3.63, 3.8) is 0 Å². The lowest BCUT2D eigenvalue weighted by Gasteiger charge is -2.43. The van der Waals surface area contributed by atoms with E-state index in [-0.39, 0.29) is 21.6 Å². The summed E-state index contributed by atoms with van der Waals surface area (Å²) in [6, 6.07) is 7.76. The molecule has 182 valence electrons. The topological polar surface area (TPSA) is 113 Å². The number of benzene rings is 2. The van der Waals surface area contributed by atoms with Gasteiger partial charge in [-0.15, -0.1) is 5.06 Å². The zero-order chi connectivity index (χ0) is 24.6. The number of halogens is 4. The molecule has 2 heterocycles. The fourth-order valence-corrected chi connectivity index (χ4v) is 4.70. The van der Waals surface area contributed by atoms with Crippen LogP contribution in [0.25, 0.3) is 11.0 Å². The predicted molar refractivity (Wildman–Crippen MR) is 119 cm³/mol. The van der Waals surface area contributed by atoms with Crippen LogP contribution in [0, 0.1) is 11.6 Å². The molecule has 0 saturated carbocycles. The van der Waals surface area contributed by atoms with Crippen LogP contribution in [0.3, 0.4) is 0 Å². The molecular formula is C21H17Cl2F2NO7S. The number of nitrogens with zero attached hydrogens (tertiary/aromatic N) is 1. The van der Waals surface area contributed by atoms with Gasteiger partial charge >= 0.3 is 5.63 Å². The molecule has 0 bridgehead atoms. The van der Waals surface area contributed by atoms with Crippen molar-refractivity contribution in [1.82, 2.24) is 5.06 Å². The summed E-state index contributed by atoms with van der Waals surface area (Å²) in [5, 5.41) is 31.5. The molecule has 1 saturated heterocycles. The second-order valence-electron chi connectivity index (χ2n) is 7.24. The maximum atomic E-state index is 14.1. The lowest BCUT2D eigenvalue weighted by molar-refractivity contribution is -0.360. The summed E-state index contributed by atoms with van der Waals surface area (Å²) in [7, 11) is 0. The Morgan fingerprint density at radius 3 is 2.62 bits per heavy atom. The average molecular weight is 536 g/mol. The minimum Gasteiger partial charge on any atom is -0.422 e. The lowest BCUT2D eigenvalue weighted by atomic mass is 10.1. The average Bonchev–Trinajstić information content (AvgIpc) is 2.81. The molecule has 0 radical (unpaired) electrons. The highest BCUT2D eigenvalue weighted by molar-refractivity contribution is 7.99. The Labute approximate surface area is 205 Å². The van der Waals surface area contributed by atoms with Crippen LogP contribution in [0.1, 0.15) is 5.56 Å². The van der Waals surface area contributed by atoms with E-state index in [1.165, 1.54) is 0 Å². The van der Waals surface area contributed by atoms with Crippen LogP contribution in [0.2, 0.25) is 10.0 Å². The van der Waals surface area contributed by atoms with E-state index in [2.05, 4.69) is 0 Å². The number of hydrogen-bond acceptors (Lipinski definition) is 9. The number of aliphatic hydroxyl groups excluding tert-OH is 2. The first kappa shape index (κ1) is 25.3. The largest absolute Gasteiger partial charge is 0.422 e. The van der Waals surface area contributed by atoms with Crippen molar-refractivity contribution in [2.24, 2.45) is 0 Å². The Kier molecular flexibility index (Phi) is 7.77. The van der Waals surface area contributed by atoms with Gasteiger partial charge in [-0.3, -0.25) is 0 Å². The Bertz CT molecular complexity index is 1260. The SMILES string of the molecule is O=c1oc2ccc(F)c(F)c2cc1COC1C(O)C(Sc2ccc(Cl)c(Cl)c2)OC(CO)N1O. The summed E-state index contributed by atoms with van der Waals surface area (Å²) in [5.41, 5.74) is -2.23. The quantitative estimate of drug-likeness (QED) is 0.406. The number of ether oxygens (including phenoxy) is 2. The lowest BCUT2D eigenvalue weighted by Crippen LogP contribution is -2.60. The highest BCUT2D eigenvalue weighted by Gasteiger charge is 2.44. The van der Waals surface area contributed by atoms with Crippen molar-refractivity contribution in [3.05, 3.63) is 74.1 Å². The Morgan fingerprint density at radius 2 is 1.91 bits per heavy atom. The predicted octanol–water partition coefficient (Wildman–Crippen LogP) is 3.74. The van der Waals surface area contributed by atoms with Gasteiger partial charge in [0.05, 0.1) is 34.2 Å². The van der Waals surface area contributed by atoms with E-state index in [0.29, 0.717) is 15.0 Å². The van der Waals surface area contributed by atoms with Crippen molar-refractivity contribution < 1.29 is 38.1 Å². The first-order chi connectivity index (χ1) is 16.2. The summed E-state index contributed by atoms with van der Waals surface area (Å²) in [5.74, 6) is -2.32. The van der Waals surface area contributed by atoms with E-state index in [9.17, 15) is 29.0 Å². The molecular weight excluding hydrogens is 519 g/mol. The molecule has 1 aliphatic heterocycles. The van der Waals surface area contributed by atoms with Gasteiger partial charge in [0.2, 0.25) is 0 Å². The van der Waals surface area contributed by atoms with Gasteiger partial charge in [-0.1, -0.05) is 35.0 Å². The van der Waals surface area contributed by atoms with Crippen molar-refractivity contribution in [2.75, 3.05) is 6.61 Å². The summed E-state index contributed by atoms with van der Waals surface area (Å²) >= 11 is 13.0. The van der Waals surface area contributed by atoms with Crippen LogP contribution in [0.4, 0.5) is 8.78 Å². The number of hydroxylamine groups is 2. The van der Waals surface area contributed by atoms with Crippen molar-refractivity contribution in [1.29, 1.82) is 0 Å². The van der Waals surface area contributed by atoms with Gasteiger partial charge in [-0.05, 0) is 36.4 Å². The monoisotopic (exact) mass is 535 g/mol. The van der Waals surface area contributed by atoms with Crippen LogP contribution in [0.5, 0.6) is 0 Å². The van der Waals surface area contributed by atoms with Gasteiger partial charge in [0, 0.05) is 4.90 Å². The maximum Gasteiger partial charge on any atom is 0.341 e. The summed E-state index contributed by atoms with van der Waals surface area (Å²) in [6.45, 7) is -1.18. The first-order valence-corrected chi connectivity index (χ1v) is 11.4. The van der Waals surface area contributed by atoms with Crippen molar-refractivity contribution in [3.8, 4) is 0 Å². The third-order valence-corrected chi connectivity index (χ3v) is 6.89. The van der Waals surface area contributed by atoms with E-state index in [4.69, 9.17) is 37.1 Å². The van der Waals surface area contributed by atoms with Crippen molar-refractivity contribution >= 4 is 45.9 Å². The molecule has 8 nitrogen and oxygen atoms in total. The highest BCUT2D eigenvalue weighted by Crippen LogP contribution is 2.36. The van der Waals surface area contributed by atoms with Crippen molar-refractivity contribution in [2.45, 2.75) is 35.5 Å². The van der Waals surface area contributed by atoms with Gasteiger partial charge in [0.25, 0.3) is 0 Å². The smallest absolute Gasteiger partial charge is 0.341 e. The molecule has 0 aliphatic carbocycles. The van der Waals surface area contributed by atoms with E-state index < -0.39 is 54.5 Å². The molecule has 34 heavy (non-hydrogen) atoms. The molecule has 3 aromatic rings. The molecule has 3 N–H and O–H groups in total. The molecule has 13 heteroatoms. The fraction of sp³-hybridized carbons (Fsp3) is 0.286. The third-order valence-electron chi connectivity index (χ3n) is 5.00. The first-order valence-electron chi connectivity index (χ1n) is 9.75. The maximum absolute atomic E-state index is 14.1. The van der Waals surface area contributed by atoms with Crippen LogP contribution in [0.15, 0.2) is 50.5 Å². The highest BCUT2D eigenvalue weighted by atomic mass is 35.5. The normalized spacial score (nSPS) is 23.5. The Balaban J connectivity index is 1.56. The van der Waals surface area contributed by atoms with E-state index in [0.717, 1.165) is 30.0 Å². The number of fused-ring (bicyclic) bond motifs is 1. The molecule has 0 amide bonds. The molecule has 4 atom stereocenters. The van der Waals surface area contributed by atoms with Crippen LogP contribution in [-0.2, 0) is 16.1 Å². The molecule has 4 unspecified atom stereocenters. The molecule has 1 aromatic heterocycles. The molecule has 0 spiro atoms. The number of hydrogen-bond donors (Lipinski definition) is 3. The van der Waals surface area contributed by atoms with Crippen LogP contribution < -0.4 is 5.63 Å². The van der Waals surface area contributed by atoms with Gasteiger partial charge in [0.1, 0.15) is 17.1 Å². The Hall–Kier alpha value is -1.80. The molecule has 1 aliphatic rings. The van der Waals surface area contributed by atoms with E-state index >= 15 is 0 Å². The van der Waals surface area contributed by atoms with Crippen LogP contribution >= 0.6 is 35.0 Å². The summed E-state index contributed by atoms with van der Waals surface area (Å²) < 4.78 is 43.7. The Morgan fingerprint density at radius 1 is 1.15 bits per heavy atom. The minimum atomic E-state index is -1.48. The second-order valence-corrected chi connectivity index (χ2v) is 9.23. The standard InChI is InChI=1S/C21H17Cl2F2NO7S/c22-12-2-1-10(6-13(12)23)34-21-18(28)19(26(30)16(7-27)33-21)31-8-9-5-11-15(32-20(9)29)4-3-14(24)17(11)25/h1-6,16,18-19,21,27-28,30H,7-8H2. The zero-order valence-electron chi connectivity index (χ0n) is 17.0. The molecule has 1 fully saturated rings.